The van der Waals surface area contributed by atoms with Gasteiger partial charge in [-0.15, -0.1) is 0 Å². The number of rotatable bonds is 15. The van der Waals surface area contributed by atoms with Crippen LogP contribution in [0.4, 0.5) is 0 Å². The third-order valence-corrected chi connectivity index (χ3v) is 8.07. The van der Waals surface area contributed by atoms with Crippen molar-refractivity contribution in [1.29, 1.82) is 0 Å². The molecule has 246 valence electrons. The van der Waals surface area contributed by atoms with E-state index >= 15 is 0 Å². The highest BCUT2D eigenvalue weighted by atomic mass is 16.7. The Morgan fingerprint density at radius 3 is 1.40 bits per heavy atom. The van der Waals surface area contributed by atoms with E-state index in [1.165, 1.54) is 0 Å². The van der Waals surface area contributed by atoms with Gasteiger partial charge in [0, 0.05) is 0 Å². The molecule has 48 heavy (non-hydrogen) atoms. The van der Waals surface area contributed by atoms with Gasteiger partial charge in [-0.3, -0.25) is 0 Å². The molecule has 5 aromatic carbocycles. The fourth-order valence-electron chi connectivity index (χ4n) is 5.58. The summed E-state index contributed by atoms with van der Waals surface area (Å²) in [6.45, 7) is 1.39. The summed E-state index contributed by atoms with van der Waals surface area (Å²) < 4.78 is 38.9. The van der Waals surface area contributed by atoms with Crippen LogP contribution >= 0.6 is 0 Å². The maximum atomic E-state index is 13.6. The van der Waals surface area contributed by atoms with Crippen molar-refractivity contribution >= 4 is 5.97 Å². The van der Waals surface area contributed by atoms with Crippen LogP contribution in [-0.4, -0.2) is 43.3 Å². The Hall–Kier alpha value is -4.63. The number of hydrogen-bond acceptors (Lipinski definition) is 7. The monoisotopic (exact) mass is 644 g/mol. The van der Waals surface area contributed by atoms with E-state index in [0.29, 0.717) is 18.8 Å². The molecule has 1 heterocycles. The van der Waals surface area contributed by atoms with Crippen molar-refractivity contribution in [3.05, 3.63) is 179 Å². The third kappa shape index (κ3) is 9.47. The summed E-state index contributed by atoms with van der Waals surface area (Å²) >= 11 is 0. The number of carbonyl (C=O) groups is 1. The van der Waals surface area contributed by atoms with Gasteiger partial charge in [0.05, 0.1) is 38.6 Å². The van der Waals surface area contributed by atoms with Crippen LogP contribution in [0.5, 0.6) is 0 Å². The fourth-order valence-corrected chi connectivity index (χ4v) is 5.58. The lowest BCUT2D eigenvalue weighted by atomic mass is 9.97. The van der Waals surface area contributed by atoms with E-state index in [2.05, 4.69) is 0 Å². The summed E-state index contributed by atoms with van der Waals surface area (Å²) in [6, 6.07) is 48.4. The SMILES string of the molecule is O=C(O[C@@H]1[C@@H](OCc2ccccc2)O[C@H](COCc2ccccc2)[C@@H](OCc2ccccc2)[C@@H]1OCc1ccccc1)c1ccccc1. The molecular weight excluding hydrogens is 604 g/mol. The Morgan fingerprint density at radius 2 is 0.896 bits per heavy atom. The fraction of sp³-hybridized carbons (Fsp3) is 0.244. The maximum absolute atomic E-state index is 13.6. The summed E-state index contributed by atoms with van der Waals surface area (Å²) in [6.07, 6.45) is -3.97. The minimum Gasteiger partial charge on any atom is -0.450 e. The molecule has 7 nitrogen and oxygen atoms in total. The van der Waals surface area contributed by atoms with Gasteiger partial charge in [-0.2, -0.15) is 0 Å². The summed E-state index contributed by atoms with van der Waals surface area (Å²) in [5.74, 6) is -0.508. The van der Waals surface area contributed by atoms with Crippen LogP contribution in [0.3, 0.4) is 0 Å². The third-order valence-electron chi connectivity index (χ3n) is 8.07. The van der Waals surface area contributed by atoms with Crippen LogP contribution in [0.1, 0.15) is 32.6 Å². The van der Waals surface area contributed by atoms with Crippen LogP contribution in [0.2, 0.25) is 0 Å². The van der Waals surface area contributed by atoms with Gasteiger partial charge in [0.15, 0.2) is 12.4 Å². The second-order valence-electron chi connectivity index (χ2n) is 11.6. The molecule has 1 aliphatic heterocycles. The molecule has 1 saturated heterocycles. The largest absolute Gasteiger partial charge is 0.450 e. The van der Waals surface area contributed by atoms with Crippen LogP contribution in [0.15, 0.2) is 152 Å². The smallest absolute Gasteiger partial charge is 0.338 e. The zero-order valence-corrected chi connectivity index (χ0v) is 26.7. The van der Waals surface area contributed by atoms with Gasteiger partial charge in [-0.05, 0) is 34.4 Å². The van der Waals surface area contributed by atoms with Crippen molar-refractivity contribution in [1.82, 2.24) is 0 Å². The van der Waals surface area contributed by atoms with E-state index < -0.39 is 36.7 Å². The molecule has 0 aromatic heterocycles. The molecule has 6 rings (SSSR count). The van der Waals surface area contributed by atoms with Gasteiger partial charge in [0.25, 0.3) is 0 Å². The van der Waals surface area contributed by atoms with E-state index in [0.717, 1.165) is 22.3 Å². The van der Waals surface area contributed by atoms with Gasteiger partial charge in [0.2, 0.25) is 0 Å². The zero-order valence-electron chi connectivity index (χ0n) is 26.7. The van der Waals surface area contributed by atoms with Crippen molar-refractivity contribution in [3.8, 4) is 0 Å². The summed E-state index contributed by atoms with van der Waals surface area (Å²) in [7, 11) is 0. The van der Waals surface area contributed by atoms with Crippen LogP contribution in [0.25, 0.3) is 0 Å². The Morgan fingerprint density at radius 1 is 0.479 bits per heavy atom. The average Bonchev–Trinajstić information content (AvgIpc) is 3.15. The van der Waals surface area contributed by atoms with Gasteiger partial charge in [-0.25, -0.2) is 4.79 Å². The quantitative estimate of drug-likeness (QED) is 0.109. The topological polar surface area (TPSA) is 72.5 Å². The Balaban J connectivity index is 1.32. The number of carbonyl (C=O) groups excluding carboxylic acids is 1. The average molecular weight is 645 g/mol. The standard InChI is InChI=1S/C41H40O7/c42-40(35-24-14-5-15-25-35)48-39-38(45-28-33-20-10-3-11-21-33)37(44-27-32-18-8-2-9-19-32)36(30-43-26-31-16-6-1-7-17-31)47-41(39)46-29-34-22-12-4-13-23-34/h1-25,36-39,41H,26-30H2/t36-,37-,38+,39+,41+/m1/s1. The van der Waals surface area contributed by atoms with Crippen molar-refractivity contribution in [3.63, 3.8) is 0 Å². The van der Waals surface area contributed by atoms with Crippen molar-refractivity contribution < 1.29 is 33.2 Å². The minimum atomic E-state index is -0.972. The molecule has 5 aromatic rings. The Bertz CT molecular complexity index is 1640. The molecule has 0 amide bonds. The predicted molar refractivity (Wildman–Crippen MR) is 182 cm³/mol. The highest BCUT2D eigenvalue weighted by molar-refractivity contribution is 5.89. The first-order chi connectivity index (χ1) is 23.7. The van der Waals surface area contributed by atoms with E-state index in [1.807, 2.05) is 127 Å². The van der Waals surface area contributed by atoms with Crippen LogP contribution in [0, 0.1) is 0 Å². The van der Waals surface area contributed by atoms with Gasteiger partial charge in [-0.1, -0.05) is 140 Å². The van der Waals surface area contributed by atoms with Crippen LogP contribution < -0.4 is 0 Å². The molecule has 7 heteroatoms. The second kappa shape index (κ2) is 17.5. The summed E-state index contributed by atoms with van der Waals surface area (Å²) in [4.78, 5) is 13.6. The Labute approximate surface area is 282 Å². The molecular formula is C41H40O7. The number of hydrogen-bond donors (Lipinski definition) is 0. The van der Waals surface area contributed by atoms with E-state index in [4.69, 9.17) is 28.4 Å². The normalized spacial score (nSPS) is 20.6. The first-order valence-corrected chi connectivity index (χ1v) is 16.2. The highest BCUT2D eigenvalue weighted by Gasteiger charge is 2.50. The van der Waals surface area contributed by atoms with Crippen molar-refractivity contribution in [2.45, 2.75) is 57.1 Å². The second-order valence-corrected chi connectivity index (χ2v) is 11.6. The molecule has 0 radical (unpaired) electrons. The molecule has 0 spiro atoms. The molecule has 1 fully saturated rings. The highest BCUT2D eigenvalue weighted by Crippen LogP contribution is 2.32. The number of esters is 1. The lowest BCUT2D eigenvalue weighted by Crippen LogP contribution is -2.62. The maximum Gasteiger partial charge on any atom is 0.338 e. The van der Waals surface area contributed by atoms with Gasteiger partial charge in [0.1, 0.15) is 18.3 Å². The van der Waals surface area contributed by atoms with Gasteiger partial charge >= 0.3 is 5.97 Å². The molecule has 0 unspecified atom stereocenters. The first kappa shape index (κ1) is 33.3. The molecule has 5 atom stereocenters. The zero-order chi connectivity index (χ0) is 32.8. The van der Waals surface area contributed by atoms with E-state index in [9.17, 15) is 4.79 Å². The summed E-state index contributed by atoms with van der Waals surface area (Å²) in [5, 5.41) is 0. The molecule has 0 saturated carbocycles. The number of ether oxygens (including phenoxy) is 6. The Kier molecular flexibility index (Phi) is 12.1. The molecule has 0 aliphatic carbocycles. The predicted octanol–water partition coefficient (Wildman–Crippen LogP) is 7.54. The summed E-state index contributed by atoms with van der Waals surface area (Å²) in [5.41, 5.74) is 4.37. The van der Waals surface area contributed by atoms with Crippen LogP contribution in [-0.2, 0) is 54.8 Å². The van der Waals surface area contributed by atoms with Crippen molar-refractivity contribution in [2.24, 2.45) is 0 Å². The molecule has 1 aliphatic rings. The number of benzene rings is 5. The van der Waals surface area contributed by atoms with Gasteiger partial charge < -0.3 is 28.4 Å². The lowest BCUT2D eigenvalue weighted by molar-refractivity contribution is -0.320. The van der Waals surface area contributed by atoms with Crippen molar-refractivity contribution in [2.75, 3.05) is 6.61 Å². The minimum absolute atomic E-state index is 0.199. The van der Waals surface area contributed by atoms with E-state index in [-0.39, 0.29) is 19.8 Å². The lowest BCUT2D eigenvalue weighted by Gasteiger charge is -2.45. The molecule has 0 bridgehead atoms. The van der Waals surface area contributed by atoms with E-state index in [1.54, 1.807) is 24.3 Å². The molecule has 0 N–H and O–H groups in total. The first-order valence-electron chi connectivity index (χ1n) is 16.2.